The van der Waals surface area contributed by atoms with Crippen LogP contribution in [0.3, 0.4) is 0 Å². The zero-order valence-electron chi connectivity index (χ0n) is 12.9. The van der Waals surface area contributed by atoms with Crippen LogP contribution in [-0.2, 0) is 10.2 Å². The first-order chi connectivity index (χ1) is 10.7. The van der Waals surface area contributed by atoms with E-state index in [0.29, 0.717) is 24.3 Å². The Hall–Kier alpha value is -1.42. The van der Waals surface area contributed by atoms with Crippen molar-refractivity contribution in [2.75, 3.05) is 24.5 Å². The van der Waals surface area contributed by atoms with Crippen molar-refractivity contribution in [3.63, 3.8) is 0 Å². The van der Waals surface area contributed by atoms with Gasteiger partial charge in [-0.25, -0.2) is 4.39 Å². The molecule has 1 aromatic carbocycles. The zero-order valence-corrected chi connectivity index (χ0v) is 12.9. The van der Waals surface area contributed by atoms with Crippen molar-refractivity contribution in [3.05, 3.63) is 29.6 Å². The van der Waals surface area contributed by atoms with Crippen LogP contribution in [-0.4, -0.2) is 25.5 Å². The highest BCUT2D eigenvalue weighted by Gasteiger charge is 2.52. The molecule has 0 radical (unpaired) electrons. The fourth-order valence-corrected chi connectivity index (χ4v) is 4.64. The number of fused-ring (bicyclic) bond motifs is 2. The van der Waals surface area contributed by atoms with Gasteiger partial charge in [0, 0.05) is 12.1 Å². The van der Waals surface area contributed by atoms with Crippen molar-refractivity contribution >= 4 is 11.6 Å². The number of nitrogens with one attached hydrogen (secondary N) is 1. The number of carbonyl (C=O) groups excluding carboxylic acids is 1. The highest BCUT2D eigenvalue weighted by atomic mass is 19.1. The van der Waals surface area contributed by atoms with E-state index in [-0.39, 0.29) is 11.7 Å². The standard InChI is InChI=1S/C18H23FN2O/c19-14-6-3-7-15-16(14)18(8-10-20-11-9-18)17(22)21(15)12-13-4-1-2-5-13/h3,6-7,13,20H,1-2,4-5,8-12H2. The normalized spacial score (nSPS) is 24.2. The molecule has 0 aromatic heterocycles. The molecule has 1 spiro atoms. The van der Waals surface area contributed by atoms with Crippen molar-refractivity contribution in [1.82, 2.24) is 5.32 Å². The molecule has 4 heteroatoms. The van der Waals surface area contributed by atoms with Gasteiger partial charge >= 0.3 is 0 Å². The maximum Gasteiger partial charge on any atom is 0.237 e. The number of benzene rings is 1. The first kappa shape index (κ1) is 14.2. The Morgan fingerprint density at radius 2 is 1.95 bits per heavy atom. The van der Waals surface area contributed by atoms with Crippen LogP contribution in [0.25, 0.3) is 0 Å². The molecule has 2 heterocycles. The van der Waals surface area contributed by atoms with Gasteiger partial charge in [0.2, 0.25) is 5.91 Å². The van der Waals surface area contributed by atoms with Gasteiger partial charge in [0.25, 0.3) is 0 Å². The van der Waals surface area contributed by atoms with E-state index < -0.39 is 5.41 Å². The minimum Gasteiger partial charge on any atom is -0.317 e. The Balaban J connectivity index is 1.75. The summed E-state index contributed by atoms with van der Waals surface area (Å²) >= 11 is 0. The lowest BCUT2D eigenvalue weighted by atomic mass is 9.74. The number of piperidine rings is 1. The Kier molecular flexibility index (Phi) is 3.44. The fourth-order valence-electron chi connectivity index (χ4n) is 4.64. The predicted octanol–water partition coefficient (Wildman–Crippen LogP) is 2.98. The molecule has 1 aliphatic carbocycles. The molecule has 4 rings (SSSR count). The van der Waals surface area contributed by atoms with Crippen LogP contribution < -0.4 is 10.2 Å². The van der Waals surface area contributed by atoms with Crippen LogP contribution in [0.2, 0.25) is 0 Å². The summed E-state index contributed by atoms with van der Waals surface area (Å²) in [6, 6.07) is 5.18. The topological polar surface area (TPSA) is 32.3 Å². The van der Waals surface area contributed by atoms with Gasteiger partial charge in [-0.3, -0.25) is 4.79 Å². The zero-order chi connectivity index (χ0) is 15.2. The van der Waals surface area contributed by atoms with E-state index in [2.05, 4.69) is 5.32 Å². The lowest BCUT2D eigenvalue weighted by molar-refractivity contribution is -0.124. The Morgan fingerprint density at radius 3 is 2.68 bits per heavy atom. The second-order valence-electron chi connectivity index (χ2n) is 7.03. The quantitative estimate of drug-likeness (QED) is 0.911. The van der Waals surface area contributed by atoms with Gasteiger partial charge in [-0.2, -0.15) is 0 Å². The molecule has 1 aromatic rings. The maximum atomic E-state index is 14.6. The number of rotatable bonds is 2. The molecule has 0 atom stereocenters. The third-order valence-corrected chi connectivity index (χ3v) is 5.79. The van der Waals surface area contributed by atoms with Gasteiger partial charge in [0.05, 0.1) is 11.1 Å². The van der Waals surface area contributed by atoms with Crippen molar-refractivity contribution in [3.8, 4) is 0 Å². The number of hydrogen-bond acceptors (Lipinski definition) is 2. The summed E-state index contributed by atoms with van der Waals surface area (Å²) in [6.07, 6.45) is 6.34. The first-order valence-electron chi connectivity index (χ1n) is 8.54. The first-order valence-corrected chi connectivity index (χ1v) is 8.54. The Labute approximate surface area is 130 Å². The second kappa shape index (κ2) is 5.34. The van der Waals surface area contributed by atoms with Crippen molar-refractivity contribution in [1.29, 1.82) is 0 Å². The van der Waals surface area contributed by atoms with E-state index in [0.717, 1.165) is 25.3 Å². The Bertz CT molecular complexity index is 589. The molecular formula is C18H23FN2O. The van der Waals surface area contributed by atoms with Crippen LogP contribution in [0.4, 0.5) is 10.1 Å². The minimum absolute atomic E-state index is 0.140. The molecule has 2 fully saturated rings. The third-order valence-electron chi connectivity index (χ3n) is 5.79. The van der Waals surface area contributed by atoms with Gasteiger partial charge in [-0.15, -0.1) is 0 Å². The molecule has 0 unspecified atom stereocenters. The summed E-state index contributed by atoms with van der Waals surface area (Å²) in [5.74, 6) is 0.514. The lowest BCUT2D eigenvalue weighted by Crippen LogP contribution is -2.48. The molecule has 2 aliphatic heterocycles. The summed E-state index contributed by atoms with van der Waals surface area (Å²) in [5, 5.41) is 3.30. The average molecular weight is 302 g/mol. The molecule has 0 bridgehead atoms. The van der Waals surface area contributed by atoms with E-state index in [1.54, 1.807) is 6.07 Å². The summed E-state index contributed by atoms with van der Waals surface area (Å²) in [4.78, 5) is 15.1. The van der Waals surface area contributed by atoms with Crippen LogP contribution in [0.1, 0.15) is 44.1 Å². The molecule has 3 nitrogen and oxygen atoms in total. The van der Waals surface area contributed by atoms with E-state index in [1.807, 2.05) is 11.0 Å². The van der Waals surface area contributed by atoms with Gasteiger partial charge in [0.15, 0.2) is 0 Å². The molecule has 1 N–H and O–H groups in total. The van der Waals surface area contributed by atoms with Crippen LogP contribution in [0.5, 0.6) is 0 Å². The molecular weight excluding hydrogens is 279 g/mol. The SMILES string of the molecule is O=C1N(CC2CCCC2)c2cccc(F)c2C12CCNCC2. The molecule has 1 amide bonds. The number of amides is 1. The lowest BCUT2D eigenvalue weighted by Gasteiger charge is -2.33. The largest absolute Gasteiger partial charge is 0.317 e. The van der Waals surface area contributed by atoms with E-state index in [9.17, 15) is 9.18 Å². The number of nitrogens with zero attached hydrogens (tertiary/aromatic N) is 1. The molecule has 1 saturated heterocycles. The maximum absolute atomic E-state index is 14.6. The smallest absolute Gasteiger partial charge is 0.237 e. The summed E-state index contributed by atoms with van der Waals surface area (Å²) in [6.45, 7) is 2.35. The van der Waals surface area contributed by atoms with Crippen LogP contribution >= 0.6 is 0 Å². The fraction of sp³-hybridized carbons (Fsp3) is 0.611. The van der Waals surface area contributed by atoms with Gasteiger partial charge < -0.3 is 10.2 Å². The minimum atomic E-state index is -0.621. The highest BCUT2D eigenvalue weighted by molar-refractivity contribution is 6.08. The summed E-state index contributed by atoms with van der Waals surface area (Å²) < 4.78 is 14.6. The number of hydrogen-bond donors (Lipinski definition) is 1. The monoisotopic (exact) mass is 302 g/mol. The van der Waals surface area contributed by atoms with Crippen LogP contribution in [0, 0.1) is 11.7 Å². The molecule has 22 heavy (non-hydrogen) atoms. The predicted molar refractivity (Wildman–Crippen MR) is 84.5 cm³/mol. The van der Waals surface area contributed by atoms with E-state index >= 15 is 0 Å². The van der Waals surface area contributed by atoms with Crippen molar-refractivity contribution in [2.45, 2.75) is 43.9 Å². The average Bonchev–Trinajstić information content (AvgIpc) is 3.12. The number of carbonyl (C=O) groups is 1. The third kappa shape index (κ3) is 2.00. The van der Waals surface area contributed by atoms with Crippen molar-refractivity contribution < 1.29 is 9.18 Å². The number of halogens is 1. The van der Waals surface area contributed by atoms with Gasteiger partial charge in [0.1, 0.15) is 5.82 Å². The van der Waals surface area contributed by atoms with E-state index in [1.165, 1.54) is 31.7 Å². The summed E-state index contributed by atoms with van der Waals surface area (Å²) in [5.41, 5.74) is 0.878. The Morgan fingerprint density at radius 1 is 1.23 bits per heavy atom. The highest BCUT2D eigenvalue weighted by Crippen LogP contribution is 2.48. The molecule has 3 aliphatic rings. The molecule has 1 saturated carbocycles. The summed E-state index contributed by atoms with van der Waals surface area (Å²) in [7, 11) is 0. The molecule has 118 valence electrons. The van der Waals surface area contributed by atoms with Gasteiger partial charge in [-0.1, -0.05) is 18.9 Å². The van der Waals surface area contributed by atoms with Gasteiger partial charge in [-0.05, 0) is 56.8 Å². The van der Waals surface area contributed by atoms with Crippen LogP contribution in [0.15, 0.2) is 18.2 Å². The second-order valence-corrected chi connectivity index (χ2v) is 7.03. The number of anilines is 1. The van der Waals surface area contributed by atoms with Crippen molar-refractivity contribution in [2.24, 2.45) is 5.92 Å². The van der Waals surface area contributed by atoms with E-state index in [4.69, 9.17) is 0 Å².